The highest BCUT2D eigenvalue weighted by Gasteiger charge is 2.34. The molecular formula is C7H2BrF5O. The third-order valence-electron chi connectivity index (χ3n) is 1.18. The van der Waals surface area contributed by atoms with Crippen LogP contribution in [0.5, 0.6) is 5.75 Å². The van der Waals surface area contributed by atoms with Crippen LogP contribution in [0.2, 0.25) is 0 Å². The molecule has 0 aliphatic carbocycles. The Hall–Kier alpha value is -0.850. The van der Waals surface area contributed by atoms with E-state index in [4.69, 9.17) is 0 Å². The van der Waals surface area contributed by atoms with Crippen LogP contribution in [0.4, 0.5) is 22.0 Å². The Kier molecular flexibility index (Phi) is 2.98. The second-order valence-electron chi connectivity index (χ2n) is 2.25. The van der Waals surface area contributed by atoms with E-state index in [2.05, 4.69) is 20.7 Å². The van der Waals surface area contributed by atoms with E-state index in [9.17, 15) is 22.0 Å². The van der Waals surface area contributed by atoms with Gasteiger partial charge in [-0.3, -0.25) is 0 Å². The van der Waals surface area contributed by atoms with Gasteiger partial charge in [0.2, 0.25) is 5.75 Å². The average Bonchev–Trinajstić information content (AvgIpc) is 1.95. The molecule has 0 saturated carbocycles. The first-order chi connectivity index (χ1) is 6.29. The molecule has 0 aliphatic heterocycles. The number of hydrogen-bond donors (Lipinski definition) is 0. The van der Waals surface area contributed by atoms with Crippen LogP contribution in [0, 0.1) is 11.6 Å². The van der Waals surface area contributed by atoms with Crippen LogP contribution < -0.4 is 4.74 Å². The second-order valence-corrected chi connectivity index (χ2v) is 3.16. The molecule has 0 bridgehead atoms. The van der Waals surface area contributed by atoms with E-state index in [1.807, 2.05) is 0 Å². The molecule has 7 heteroatoms. The quantitative estimate of drug-likeness (QED) is 0.712. The monoisotopic (exact) mass is 276 g/mol. The van der Waals surface area contributed by atoms with Crippen LogP contribution in [0.3, 0.4) is 0 Å². The molecule has 0 spiro atoms. The van der Waals surface area contributed by atoms with Gasteiger partial charge in [-0.1, -0.05) is 15.9 Å². The van der Waals surface area contributed by atoms with Gasteiger partial charge in [-0.05, 0) is 12.1 Å². The topological polar surface area (TPSA) is 9.23 Å². The lowest BCUT2D eigenvalue weighted by atomic mass is 10.3. The molecule has 0 unspecified atom stereocenters. The number of ether oxygens (including phenoxy) is 1. The molecule has 0 fully saturated rings. The van der Waals surface area contributed by atoms with Crippen molar-refractivity contribution in [1.29, 1.82) is 0 Å². The summed E-state index contributed by atoms with van der Waals surface area (Å²) in [6.07, 6.45) is -5.12. The van der Waals surface area contributed by atoms with Gasteiger partial charge < -0.3 is 4.74 Å². The largest absolute Gasteiger partial charge is 0.573 e. The van der Waals surface area contributed by atoms with Crippen molar-refractivity contribution in [2.24, 2.45) is 0 Å². The molecule has 0 heterocycles. The van der Waals surface area contributed by atoms with Crippen molar-refractivity contribution in [3.63, 3.8) is 0 Å². The number of benzene rings is 1. The smallest absolute Gasteiger partial charge is 0.399 e. The maximum atomic E-state index is 12.7. The van der Waals surface area contributed by atoms with Gasteiger partial charge in [0.05, 0.1) is 0 Å². The predicted octanol–water partition coefficient (Wildman–Crippen LogP) is 3.63. The molecular weight excluding hydrogens is 275 g/mol. The lowest BCUT2D eigenvalue weighted by Gasteiger charge is -2.10. The molecule has 0 aliphatic rings. The van der Waals surface area contributed by atoms with E-state index < -0.39 is 23.7 Å². The van der Waals surface area contributed by atoms with Crippen LogP contribution in [0.25, 0.3) is 0 Å². The minimum atomic E-state index is -5.12. The highest BCUT2D eigenvalue weighted by molar-refractivity contribution is 9.10. The Morgan fingerprint density at radius 2 is 1.50 bits per heavy atom. The molecule has 14 heavy (non-hydrogen) atoms. The summed E-state index contributed by atoms with van der Waals surface area (Å²) in [5.74, 6) is -4.30. The highest BCUT2D eigenvalue weighted by Crippen LogP contribution is 2.30. The number of hydrogen-bond acceptors (Lipinski definition) is 1. The summed E-state index contributed by atoms with van der Waals surface area (Å²) in [6.45, 7) is 0. The van der Waals surface area contributed by atoms with E-state index in [0.717, 1.165) is 0 Å². The van der Waals surface area contributed by atoms with Gasteiger partial charge in [0.15, 0.2) is 11.6 Å². The Morgan fingerprint density at radius 3 is 1.86 bits per heavy atom. The zero-order chi connectivity index (χ0) is 10.9. The van der Waals surface area contributed by atoms with Crippen LogP contribution in [-0.2, 0) is 0 Å². The molecule has 0 saturated heterocycles. The minimum absolute atomic E-state index is 0.0120. The fraction of sp³-hybridized carbons (Fsp3) is 0.143. The summed E-state index contributed by atoms with van der Waals surface area (Å²) in [5, 5.41) is 0. The molecule has 0 aromatic heterocycles. The summed E-state index contributed by atoms with van der Waals surface area (Å²) >= 11 is 2.71. The van der Waals surface area contributed by atoms with E-state index in [1.165, 1.54) is 0 Å². The third-order valence-corrected chi connectivity index (χ3v) is 1.64. The van der Waals surface area contributed by atoms with Gasteiger partial charge in [0.1, 0.15) is 0 Å². The van der Waals surface area contributed by atoms with Gasteiger partial charge in [-0.2, -0.15) is 0 Å². The maximum Gasteiger partial charge on any atom is 0.573 e. The third kappa shape index (κ3) is 2.83. The first-order valence-corrected chi connectivity index (χ1v) is 3.99. The molecule has 1 aromatic rings. The Balaban J connectivity index is 3.09. The summed E-state index contributed by atoms with van der Waals surface area (Å²) in [7, 11) is 0. The van der Waals surface area contributed by atoms with Crippen molar-refractivity contribution in [2.75, 3.05) is 0 Å². The molecule has 0 radical (unpaired) electrons. The van der Waals surface area contributed by atoms with E-state index in [-0.39, 0.29) is 4.47 Å². The van der Waals surface area contributed by atoms with E-state index >= 15 is 0 Å². The average molecular weight is 277 g/mol. The first kappa shape index (κ1) is 11.2. The van der Waals surface area contributed by atoms with Gasteiger partial charge in [-0.25, -0.2) is 8.78 Å². The van der Waals surface area contributed by atoms with Crippen LogP contribution >= 0.6 is 15.9 Å². The number of halogens is 6. The summed E-state index contributed by atoms with van der Waals surface area (Å²) in [6, 6.07) is 1.34. The second kappa shape index (κ2) is 3.72. The van der Waals surface area contributed by atoms with E-state index in [1.54, 1.807) is 0 Å². The lowest BCUT2D eigenvalue weighted by molar-refractivity contribution is -0.276. The fourth-order valence-electron chi connectivity index (χ4n) is 0.742. The molecule has 1 rings (SSSR count). The lowest BCUT2D eigenvalue weighted by Crippen LogP contribution is -2.18. The van der Waals surface area contributed by atoms with Gasteiger partial charge >= 0.3 is 6.36 Å². The summed E-state index contributed by atoms with van der Waals surface area (Å²) < 4.78 is 63.5. The minimum Gasteiger partial charge on any atom is -0.399 e. The van der Waals surface area contributed by atoms with E-state index in [0.29, 0.717) is 12.1 Å². The summed E-state index contributed by atoms with van der Waals surface area (Å²) in [5.41, 5.74) is 0. The molecule has 0 amide bonds. The Labute approximate surface area is 83.6 Å². The van der Waals surface area contributed by atoms with Crippen molar-refractivity contribution in [2.45, 2.75) is 6.36 Å². The van der Waals surface area contributed by atoms with Crippen molar-refractivity contribution in [1.82, 2.24) is 0 Å². The maximum absolute atomic E-state index is 12.7. The molecule has 78 valence electrons. The molecule has 1 aromatic carbocycles. The Bertz CT molecular complexity index is 325. The molecule has 0 atom stereocenters. The fourth-order valence-corrected chi connectivity index (χ4v) is 1.14. The van der Waals surface area contributed by atoms with Crippen molar-refractivity contribution in [3.05, 3.63) is 28.2 Å². The van der Waals surface area contributed by atoms with Crippen molar-refractivity contribution in [3.8, 4) is 5.75 Å². The Morgan fingerprint density at radius 1 is 1.07 bits per heavy atom. The first-order valence-electron chi connectivity index (χ1n) is 3.20. The van der Waals surface area contributed by atoms with Crippen molar-refractivity contribution < 1.29 is 26.7 Å². The zero-order valence-electron chi connectivity index (χ0n) is 6.33. The molecule has 1 nitrogen and oxygen atoms in total. The SMILES string of the molecule is Fc1cc(Br)cc(F)c1OC(F)(F)F. The predicted molar refractivity (Wildman–Crippen MR) is 40.7 cm³/mol. The number of rotatable bonds is 1. The summed E-state index contributed by atoms with van der Waals surface area (Å²) in [4.78, 5) is 0. The van der Waals surface area contributed by atoms with Crippen LogP contribution in [0.1, 0.15) is 0 Å². The number of alkyl halides is 3. The zero-order valence-corrected chi connectivity index (χ0v) is 7.92. The highest BCUT2D eigenvalue weighted by atomic mass is 79.9. The van der Waals surface area contributed by atoms with Crippen LogP contribution in [0.15, 0.2) is 16.6 Å². The van der Waals surface area contributed by atoms with Gasteiger partial charge in [-0.15, -0.1) is 13.2 Å². The van der Waals surface area contributed by atoms with Gasteiger partial charge in [0.25, 0.3) is 0 Å². The van der Waals surface area contributed by atoms with Crippen molar-refractivity contribution >= 4 is 15.9 Å². The molecule has 0 N–H and O–H groups in total. The van der Waals surface area contributed by atoms with Crippen LogP contribution in [-0.4, -0.2) is 6.36 Å². The normalized spacial score (nSPS) is 11.6. The van der Waals surface area contributed by atoms with Gasteiger partial charge in [0, 0.05) is 4.47 Å². The standard InChI is InChI=1S/C7H2BrF5O/c8-3-1-4(9)6(5(10)2-3)14-7(11,12)13/h1-2H.